The lowest BCUT2D eigenvalue weighted by molar-refractivity contribution is 0.0362. The van der Waals surface area contributed by atoms with Gasteiger partial charge in [0.05, 0.1) is 6.10 Å². The monoisotopic (exact) mass is 247 g/mol. The average molecular weight is 247 g/mol. The molecule has 2 heteroatoms. The van der Waals surface area contributed by atoms with Crippen molar-refractivity contribution >= 4 is 0 Å². The molecule has 0 saturated heterocycles. The maximum absolute atomic E-state index is 10.3. The number of rotatable bonds is 4. The van der Waals surface area contributed by atoms with E-state index in [0.717, 1.165) is 12.8 Å². The molecule has 0 radical (unpaired) electrons. The molecule has 0 heterocycles. The second-order valence-electron chi connectivity index (χ2n) is 6.14. The third kappa shape index (κ3) is 2.19. The van der Waals surface area contributed by atoms with Crippen molar-refractivity contribution in [3.8, 4) is 0 Å². The van der Waals surface area contributed by atoms with Gasteiger partial charge in [0.15, 0.2) is 0 Å². The van der Waals surface area contributed by atoms with Crippen LogP contribution in [0.1, 0.15) is 44.2 Å². The second kappa shape index (κ2) is 5.02. The van der Waals surface area contributed by atoms with Gasteiger partial charge in [0.2, 0.25) is 0 Å². The summed E-state index contributed by atoms with van der Waals surface area (Å²) >= 11 is 0. The van der Waals surface area contributed by atoms with Gasteiger partial charge in [0.25, 0.3) is 0 Å². The molecule has 0 spiro atoms. The molecule has 1 aliphatic rings. The summed E-state index contributed by atoms with van der Waals surface area (Å²) < 4.78 is 0. The van der Waals surface area contributed by atoms with Crippen LogP contribution in [0.5, 0.6) is 0 Å². The summed E-state index contributed by atoms with van der Waals surface area (Å²) in [6.45, 7) is 6.16. The molecule has 2 atom stereocenters. The number of aliphatic hydroxyl groups is 1. The van der Waals surface area contributed by atoms with Gasteiger partial charge >= 0.3 is 0 Å². The Hall–Kier alpha value is -0.860. The Morgan fingerprint density at radius 3 is 2.11 bits per heavy atom. The van der Waals surface area contributed by atoms with Gasteiger partial charge in [0.1, 0.15) is 0 Å². The fraction of sp³-hybridized carbons (Fsp3) is 0.625. The van der Waals surface area contributed by atoms with Crippen LogP contribution in [-0.2, 0) is 5.41 Å². The van der Waals surface area contributed by atoms with Crippen molar-refractivity contribution in [2.45, 2.75) is 57.6 Å². The van der Waals surface area contributed by atoms with E-state index in [1.54, 1.807) is 0 Å². The molecule has 3 N–H and O–H groups in total. The molecule has 0 aromatic heterocycles. The lowest BCUT2D eigenvalue weighted by Gasteiger charge is -2.49. The largest absolute Gasteiger partial charge is 0.391 e. The minimum Gasteiger partial charge on any atom is -0.391 e. The normalized spacial score (nSPS) is 21.4. The molecule has 0 aliphatic heterocycles. The van der Waals surface area contributed by atoms with Gasteiger partial charge in [-0.3, -0.25) is 0 Å². The van der Waals surface area contributed by atoms with Crippen molar-refractivity contribution in [3.05, 3.63) is 35.4 Å². The van der Waals surface area contributed by atoms with E-state index in [4.69, 9.17) is 5.73 Å². The van der Waals surface area contributed by atoms with E-state index >= 15 is 0 Å². The molecular weight excluding hydrogens is 222 g/mol. The van der Waals surface area contributed by atoms with Crippen LogP contribution in [0.3, 0.4) is 0 Å². The molecule has 1 aromatic carbocycles. The van der Waals surface area contributed by atoms with Crippen molar-refractivity contribution < 1.29 is 5.11 Å². The van der Waals surface area contributed by atoms with Gasteiger partial charge in [-0.2, -0.15) is 0 Å². The Balaban J connectivity index is 2.28. The zero-order valence-electron chi connectivity index (χ0n) is 11.7. The third-order valence-electron chi connectivity index (χ3n) is 4.56. The molecule has 1 aliphatic carbocycles. The van der Waals surface area contributed by atoms with Crippen LogP contribution in [0, 0.1) is 12.8 Å². The van der Waals surface area contributed by atoms with Crippen molar-refractivity contribution in [2.24, 2.45) is 11.7 Å². The van der Waals surface area contributed by atoms with E-state index in [0.29, 0.717) is 0 Å². The lowest BCUT2D eigenvalue weighted by Crippen LogP contribution is -2.57. The second-order valence-corrected chi connectivity index (χ2v) is 6.14. The predicted octanol–water partition coefficient (Wildman–Crippen LogP) is 2.76. The topological polar surface area (TPSA) is 46.2 Å². The summed E-state index contributed by atoms with van der Waals surface area (Å²) in [5.74, 6) is 0.211. The van der Waals surface area contributed by atoms with Crippen LogP contribution in [0.4, 0.5) is 0 Å². The smallest absolute Gasteiger partial charge is 0.0722 e. The highest BCUT2D eigenvalue weighted by atomic mass is 16.3. The first-order valence-electron chi connectivity index (χ1n) is 6.98. The molecule has 1 fully saturated rings. The van der Waals surface area contributed by atoms with Crippen molar-refractivity contribution in [2.75, 3.05) is 0 Å². The number of aryl methyl sites for hydroxylation is 1. The molecule has 1 aromatic rings. The summed E-state index contributed by atoms with van der Waals surface area (Å²) in [7, 11) is 0. The van der Waals surface area contributed by atoms with Crippen LogP contribution >= 0.6 is 0 Å². The van der Waals surface area contributed by atoms with Gasteiger partial charge in [0, 0.05) is 11.5 Å². The van der Waals surface area contributed by atoms with E-state index in [1.165, 1.54) is 17.5 Å². The Morgan fingerprint density at radius 2 is 1.72 bits per heavy atom. The first-order valence-corrected chi connectivity index (χ1v) is 6.98. The molecule has 0 unspecified atom stereocenters. The van der Waals surface area contributed by atoms with Gasteiger partial charge in [-0.05, 0) is 31.2 Å². The highest BCUT2D eigenvalue weighted by Gasteiger charge is 2.46. The highest BCUT2D eigenvalue weighted by Crippen LogP contribution is 2.47. The van der Waals surface area contributed by atoms with E-state index in [-0.39, 0.29) is 17.4 Å². The summed E-state index contributed by atoms with van der Waals surface area (Å²) in [5, 5.41) is 10.3. The molecule has 1 saturated carbocycles. The molecule has 2 rings (SSSR count). The van der Waals surface area contributed by atoms with Gasteiger partial charge in [-0.25, -0.2) is 0 Å². The number of benzene rings is 1. The molecule has 100 valence electrons. The van der Waals surface area contributed by atoms with E-state index < -0.39 is 6.10 Å². The minimum atomic E-state index is -0.424. The van der Waals surface area contributed by atoms with Gasteiger partial charge < -0.3 is 10.8 Å². The first kappa shape index (κ1) is 13.6. The first-order chi connectivity index (χ1) is 8.47. The van der Waals surface area contributed by atoms with Gasteiger partial charge in [-0.1, -0.05) is 50.1 Å². The Kier molecular flexibility index (Phi) is 3.79. The fourth-order valence-corrected chi connectivity index (χ4v) is 3.00. The van der Waals surface area contributed by atoms with Crippen LogP contribution < -0.4 is 5.73 Å². The predicted molar refractivity (Wildman–Crippen MR) is 75.5 cm³/mol. The lowest BCUT2D eigenvalue weighted by atomic mass is 9.58. The average Bonchev–Trinajstić information content (AvgIpc) is 2.28. The summed E-state index contributed by atoms with van der Waals surface area (Å²) in [4.78, 5) is 0. The van der Waals surface area contributed by atoms with Crippen molar-refractivity contribution in [1.29, 1.82) is 0 Å². The van der Waals surface area contributed by atoms with Crippen molar-refractivity contribution in [3.63, 3.8) is 0 Å². The SMILES string of the molecule is Cc1ccc(C2([C@H](N)[C@@H](O)C(C)C)CCC2)cc1. The molecule has 0 bridgehead atoms. The van der Waals surface area contributed by atoms with Crippen LogP contribution in [-0.4, -0.2) is 17.3 Å². The maximum Gasteiger partial charge on any atom is 0.0722 e. The van der Waals surface area contributed by atoms with Crippen LogP contribution in [0.15, 0.2) is 24.3 Å². The molecule has 2 nitrogen and oxygen atoms in total. The Morgan fingerprint density at radius 1 is 1.17 bits per heavy atom. The zero-order valence-corrected chi connectivity index (χ0v) is 11.7. The summed E-state index contributed by atoms with van der Waals surface area (Å²) in [6, 6.07) is 8.49. The van der Waals surface area contributed by atoms with Crippen LogP contribution in [0.25, 0.3) is 0 Å². The fourth-order valence-electron chi connectivity index (χ4n) is 3.00. The Bertz CT molecular complexity index is 392. The molecular formula is C16H25NO. The summed E-state index contributed by atoms with van der Waals surface area (Å²) in [5.41, 5.74) is 8.94. The zero-order chi connectivity index (χ0) is 13.3. The number of aliphatic hydroxyl groups excluding tert-OH is 1. The van der Waals surface area contributed by atoms with Crippen molar-refractivity contribution in [1.82, 2.24) is 0 Å². The summed E-state index contributed by atoms with van der Waals surface area (Å²) in [6.07, 6.45) is 2.99. The third-order valence-corrected chi connectivity index (χ3v) is 4.56. The Labute approximate surface area is 110 Å². The number of hydrogen-bond acceptors (Lipinski definition) is 2. The molecule has 18 heavy (non-hydrogen) atoms. The van der Waals surface area contributed by atoms with E-state index in [9.17, 15) is 5.11 Å². The quantitative estimate of drug-likeness (QED) is 0.859. The van der Waals surface area contributed by atoms with Crippen LogP contribution in [0.2, 0.25) is 0 Å². The standard InChI is InChI=1S/C16H25NO/c1-11(2)14(18)15(17)16(9-4-10-16)13-7-5-12(3)6-8-13/h5-8,11,14-15,18H,4,9-10,17H2,1-3H3/t14-,15+/m0/s1. The van der Waals surface area contributed by atoms with Gasteiger partial charge in [-0.15, -0.1) is 0 Å². The number of hydrogen-bond donors (Lipinski definition) is 2. The van der Waals surface area contributed by atoms with E-state index in [2.05, 4.69) is 31.2 Å². The van der Waals surface area contributed by atoms with E-state index in [1.807, 2.05) is 13.8 Å². The maximum atomic E-state index is 10.3. The highest BCUT2D eigenvalue weighted by molar-refractivity contribution is 5.33. The minimum absolute atomic E-state index is 0.00259. The number of nitrogens with two attached hydrogens (primary N) is 1. The molecule has 0 amide bonds.